The van der Waals surface area contributed by atoms with Crippen LogP contribution in [-0.2, 0) is 16.2 Å². The van der Waals surface area contributed by atoms with Gasteiger partial charge in [0.25, 0.3) is 5.91 Å². The van der Waals surface area contributed by atoms with Crippen LogP contribution in [0.5, 0.6) is 5.75 Å². The van der Waals surface area contributed by atoms with Crippen molar-refractivity contribution in [1.29, 1.82) is 0 Å². The van der Waals surface area contributed by atoms with E-state index in [9.17, 15) is 18.8 Å². The van der Waals surface area contributed by atoms with Gasteiger partial charge in [-0.25, -0.2) is 4.39 Å². The average molecular weight is 418 g/mol. The zero-order valence-corrected chi connectivity index (χ0v) is 16.5. The molecule has 1 saturated heterocycles. The first-order chi connectivity index (χ1) is 15.0. The molecule has 0 saturated carbocycles. The number of ether oxygens (including phenoxy) is 1. The summed E-state index contributed by atoms with van der Waals surface area (Å²) in [4.78, 5) is 37.4. The highest BCUT2D eigenvalue weighted by atomic mass is 19.1. The number of rotatable bonds is 6. The van der Waals surface area contributed by atoms with Gasteiger partial charge in [-0.1, -0.05) is 18.2 Å². The number of imide groups is 1. The van der Waals surface area contributed by atoms with E-state index in [1.54, 1.807) is 54.6 Å². The summed E-state index contributed by atoms with van der Waals surface area (Å²) in [7, 11) is 0. The fourth-order valence-electron chi connectivity index (χ4n) is 3.29. The second-order valence-electron chi connectivity index (χ2n) is 7.07. The van der Waals surface area contributed by atoms with Crippen LogP contribution in [0.2, 0.25) is 0 Å². The molecule has 31 heavy (non-hydrogen) atoms. The lowest BCUT2D eigenvalue weighted by molar-refractivity contribution is -0.121. The van der Waals surface area contributed by atoms with Crippen LogP contribution in [0.15, 0.2) is 72.8 Å². The van der Waals surface area contributed by atoms with Gasteiger partial charge in [-0.2, -0.15) is 0 Å². The summed E-state index contributed by atoms with van der Waals surface area (Å²) in [5.74, 6) is -0.750. The fraction of sp³-hybridized carbons (Fsp3) is 0.125. The van der Waals surface area contributed by atoms with Crippen molar-refractivity contribution in [3.63, 3.8) is 0 Å². The lowest BCUT2D eigenvalue weighted by Crippen LogP contribution is -2.28. The van der Waals surface area contributed by atoms with Crippen LogP contribution in [0.25, 0.3) is 0 Å². The quantitative estimate of drug-likeness (QED) is 0.606. The van der Waals surface area contributed by atoms with Crippen LogP contribution in [0.1, 0.15) is 28.8 Å². The number of anilines is 2. The first-order valence-electron chi connectivity index (χ1n) is 9.74. The van der Waals surface area contributed by atoms with Crippen LogP contribution in [-0.4, -0.2) is 17.7 Å². The van der Waals surface area contributed by atoms with Crippen LogP contribution in [0.4, 0.5) is 15.8 Å². The predicted molar refractivity (Wildman–Crippen MR) is 113 cm³/mol. The van der Waals surface area contributed by atoms with Gasteiger partial charge in [0.2, 0.25) is 11.8 Å². The normalized spacial score (nSPS) is 13.4. The molecule has 0 radical (unpaired) electrons. The molecule has 1 fully saturated rings. The molecule has 0 bridgehead atoms. The van der Waals surface area contributed by atoms with E-state index in [0.29, 0.717) is 22.7 Å². The van der Waals surface area contributed by atoms with Crippen molar-refractivity contribution in [2.45, 2.75) is 19.4 Å². The van der Waals surface area contributed by atoms with E-state index < -0.39 is 0 Å². The summed E-state index contributed by atoms with van der Waals surface area (Å²) in [5, 5.41) is 2.81. The second kappa shape index (κ2) is 8.79. The third-order valence-corrected chi connectivity index (χ3v) is 4.83. The Hall–Kier alpha value is -4.00. The Bertz CT molecular complexity index is 1130. The molecular formula is C24H19FN2O4. The van der Waals surface area contributed by atoms with Crippen molar-refractivity contribution in [2.75, 3.05) is 10.2 Å². The highest BCUT2D eigenvalue weighted by Gasteiger charge is 2.30. The van der Waals surface area contributed by atoms with E-state index in [2.05, 4.69) is 5.32 Å². The highest BCUT2D eigenvalue weighted by molar-refractivity contribution is 6.20. The van der Waals surface area contributed by atoms with Gasteiger partial charge in [-0.05, 0) is 54.1 Å². The summed E-state index contributed by atoms with van der Waals surface area (Å²) in [6.45, 7) is 0.222. The summed E-state index contributed by atoms with van der Waals surface area (Å²) >= 11 is 0. The zero-order valence-electron chi connectivity index (χ0n) is 16.5. The molecule has 1 aliphatic rings. The van der Waals surface area contributed by atoms with Crippen molar-refractivity contribution in [2.24, 2.45) is 0 Å². The molecule has 3 aromatic carbocycles. The van der Waals surface area contributed by atoms with Crippen LogP contribution in [0, 0.1) is 5.82 Å². The third-order valence-electron chi connectivity index (χ3n) is 4.83. The van der Waals surface area contributed by atoms with E-state index in [0.717, 1.165) is 10.5 Å². The molecule has 1 aliphatic heterocycles. The van der Waals surface area contributed by atoms with E-state index in [-0.39, 0.29) is 43.0 Å². The summed E-state index contributed by atoms with van der Waals surface area (Å²) in [6, 6.07) is 19.3. The number of nitrogens with zero attached hydrogens (tertiary/aromatic N) is 1. The molecule has 3 aromatic rings. The maximum atomic E-state index is 13.2. The molecular weight excluding hydrogens is 399 g/mol. The maximum Gasteiger partial charge on any atom is 0.255 e. The Morgan fingerprint density at radius 2 is 1.65 bits per heavy atom. The SMILES string of the molecule is O=C(Nc1cccc(COc2cccc(F)c2)c1)c1ccc(N2C(=O)CCC2=O)cc1. The van der Waals surface area contributed by atoms with Gasteiger partial charge in [0.15, 0.2) is 0 Å². The van der Waals surface area contributed by atoms with Gasteiger partial charge in [0, 0.05) is 30.2 Å². The van der Waals surface area contributed by atoms with Gasteiger partial charge < -0.3 is 10.1 Å². The number of nitrogens with one attached hydrogen (secondary N) is 1. The second-order valence-corrected chi connectivity index (χ2v) is 7.07. The number of benzene rings is 3. The third kappa shape index (κ3) is 4.78. The largest absolute Gasteiger partial charge is 0.489 e. The monoisotopic (exact) mass is 418 g/mol. The smallest absolute Gasteiger partial charge is 0.255 e. The van der Waals surface area contributed by atoms with Crippen molar-refractivity contribution >= 4 is 29.1 Å². The molecule has 6 nitrogen and oxygen atoms in total. The van der Waals surface area contributed by atoms with Gasteiger partial charge in [0.1, 0.15) is 18.2 Å². The molecule has 0 atom stereocenters. The Morgan fingerprint density at radius 3 is 2.35 bits per heavy atom. The first-order valence-corrected chi connectivity index (χ1v) is 9.74. The van der Waals surface area contributed by atoms with Crippen LogP contribution >= 0.6 is 0 Å². The summed E-state index contributed by atoms with van der Waals surface area (Å²) < 4.78 is 18.8. The average Bonchev–Trinajstić information content (AvgIpc) is 3.11. The topological polar surface area (TPSA) is 75.7 Å². The Kier molecular flexibility index (Phi) is 5.75. The van der Waals surface area contributed by atoms with Crippen LogP contribution in [0.3, 0.4) is 0 Å². The van der Waals surface area contributed by atoms with E-state index in [1.165, 1.54) is 12.1 Å². The minimum atomic E-state index is -0.372. The van der Waals surface area contributed by atoms with Gasteiger partial charge in [-0.15, -0.1) is 0 Å². The van der Waals surface area contributed by atoms with E-state index in [4.69, 9.17) is 4.74 Å². The molecule has 3 amide bonds. The van der Waals surface area contributed by atoms with E-state index >= 15 is 0 Å². The molecule has 4 rings (SSSR count). The lowest BCUT2D eigenvalue weighted by atomic mass is 10.1. The van der Waals surface area contributed by atoms with Crippen molar-refractivity contribution in [3.8, 4) is 5.75 Å². The standard InChI is InChI=1S/C24H19FN2O4/c25-18-4-2-6-21(14-18)31-15-16-3-1-5-19(13-16)26-24(30)17-7-9-20(10-8-17)27-22(28)11-12-23(27)29/h1-10,13-14H,11-12,15H2,(H,26,30). The number of hydrogen-bond acceptors (Lipinski definition) is 4. The minimum absolute atomic E-state index is 0.209. The molecule has 0 spiro atoms. The molecule has 0 unspecified atom stereocenters. The van der Waals surface area contributed by atoms with Crippen LogP contribution < -0.4 is 15.0 Å². The number of carbonyl (C=O) groups is 3. The van der Waals surface area contributed by atoms with Gasteiger partial charge in [0.05, 0.1) is 5.69 Å². The van der Waals surface area contributed by atoms with Crippen molar-refractivity contribution in [1.82, 2.24) is 0 Å². The number of hydrogen-bond donors (Lipinski definition) is 1. The Morgan fingerprint density at radius 1 is 0.935 bits per heavy atom. The van der Waals surface area contributed by atoms with Crippen molar-refractivity contribution < 1.29 is 23.5 Å². The maximum absolute atomic E-state index is 13.2. The number of halogens is 1. The molecule has 1 N–H and O–H groups in total. The lowest BCUT2D eigenvalue weighted by Gasteiger charge is -2.14. The Labute approximate surface area is 178 Å². The number of amides is 3. The predicted octanol–water partition coefficient (Wildman–Crippen LogP) is 4.31. The highest BCUT2D eigenvalue weighted by Crippen LogP contribution is 2.23. The van der Waals surface area contributed by atoms with E-state index in [1.807, 2.05) is 6.07 Å². The molecule has 7 heteroatoms. The van der Waals surface area contributed by atoms with Crippen molar-refractivity contribution in [3.05, 3.63) is 89.7 Å². The molecule has 1 heterocycles. The minimum Gasteiger partial charge on any atom is -0.489 e. The molecule has 156 valence electrons. The fourth-order valence-corrected chi connectivity index (χ4v) is 3.29. The number of carbonyl (C=O) groups excluding carboxylic acids is 3. The zero-order chi connectivity index (χ0) is 21.8. The Balaban J connectivity index is 1.40. The van der Waals surface area contributed by atoms with Gasteiger partial charge >= 0.3 is 0 Å². The molecule has 0 aromatic heterocycles. The van der Waals surface area contributed by atoms with Gasteiger partial charge in [-0.3, -0.25) is 19.3 Å². The first kappa shape index (κ1) is 20.3. The summed E-state index contributed by atoms with van der Waals surface area (Å²) in [6.07, 6.45) is 0.417. The summed E-state index contributed by atoms with van der Waals surface area (Å²) in [5.41, 5.74) is 2.24. The molecule has 0 aliphatic carbocycles.